The van der Waals surface area contributed by atoms with Crippen molar-refractivity contribution in [2.75, 3.05) is 6.61 Å². The van der Waals surface area contributed by atoms with Crippen LogP contribution in [-0.4, -0.2) is 12.2 Å². The van der Waals surface area contributed by atoms with Crippen LogP contribution in [0.1, 0.15) is 32.1 Å². The molecule has 4 rings (SSSR count). The Balaban J connectivity index is 1.78. The van der Waals surface area contributed by atoms with E-state index < -0.39 is 0 Å². The largest absolute Gasteiger partial charge is 0.369 e. The van der Waals surface area contributed by atoms with Crippen molar-refractivity contribution in [1.29, 1.82) is 0 Å². The zero-order valence-electron chi connectivity index (χ0n) is 7.96. The predicted octanol–water partition coefficient (Wildman–Crippen LogP) is 2.52. The number of fused-ring (bicyclic) bond motifs is 6. The molecule has 1 heteroatoms. The summed E-state index contributed by atoms with van der Waals surface area (Å²) < 4.78 is 5.70. The van der Waals surface area contributed by atoms with Crippen LogP contribution >= 0.6 is 0 Å². The van der Waals surface area contributed by atoms with Gasteiger partial charge in [-0.05, 0) is 43.9 Å². The quantitative estimate of drug-likeness (QED) is 0.408. The third kappa shape index (κ3) is 0.735. The molecule has 3 fully saturated rings. The van der Waals surface area contributed by atoms with Gasteiger partial charge in [-0.15, -0.1) is 0 Å². The van der Waals surface area contributed by atoms with Gasteiger partial charge in [0.15, 0.2) is 0 Å². The van der Waals surface area contributed by atoms with Crippen molar-refractivity contribution in [2.24, 2.45) is 17.8 Å². The van der Waals surface area contributed by atoms with Crippen molar-refractivity contribution in [2.45, 2.75) is 37.7 Å². The van der Waals surface area contributed by atoms with Gasteiger partial charge in [0.25, 0.3) is 0 Å². The van der Waals surface area contributed by atoms with Crippen molar-refractivity contribution in [1.82, 2.24) is 0 Å². The number of hydrogen-bond donors (Lipinski definition) is 0. The van der Waals surface area contributed by atoms with Crippen molar-refractivity contribution in [3.8, 4) is 0 Å². The molecule has 4 aliphatic rings. The second-order valence-electron chi connectivity index (χ2n) is 5.35. The Kier molecular flexibility index (Phi) is 1.10. The maximum absolute atomic E-state index is 5.70. The van der Waals surface area contributed by atoms with Crippen LogP contribution in [-0.2, 0) is 4.74 Å². The summed E-state index contributed by atoms with van der Waals surface area (Å²) in [5.74, 6) is 2.83. The highest BCUT2D eigenvalue weighted by Crippen LogP contribution is 2.64. The second-order valence-corrected chi connectivity index (χ2v) is 5.35. The standard InChI is InChI=1S/C12H16O/c1-2-4-10-9(3-1)8-5-11(10)12(6-8)7-13-12/h4,8-9,11H,1-3,5-7H2. The van der Waals surface area contributed by atoms with Gasteiger partial charge in [-0.2, -0.15) is 0 Å². The molecule has 0 N–H and O–H groups in total. The van der Waals surface area contributed by atoms with Crippen LogP contribution in [0.2, 0.25) is 0 Å². The van der Waals surface area contributed by atoms with E-state index in [0.29, 0.717) is 5.60 Å². The molecule has 4 unspecified atom stereocenters. The smallest absolute Gasteiger partial charge is 0.0984 e. The Morgan fingerprint density at radius 3 is 3.23 bits per heavy atom. The highest BCUT2D eigenvalue weighted by Gasteiger charge is 2.64. The maximum Gasteiger partial charge on any atom is 0.0984 e. The molecule has 0 aromatic carbocycles. The number of rotatable bonds is 0. The first-order valence-corrected chi connectivity index (χ1v) is 5.73. The Labute approximate surface area is 79.2 Å². The van der Waals surface area contributed by atoms with Crippen molar-refractivity contribution >= 4 is 0 Å². The summed E-state index contributed by atoms with van der Waals surface area (Å²) in [7, 11) is 0. The second kappa shape index (κ2) is 2.03. The van der Waals surface area contributed by atoms with Gasteiger partial charge in [0.1, 0.15) is 0 Å². The van der Waals surface area contributed by atoms with Crippen LogP contribution in [0.4, 0.5) is 0 Å². The zero-order valence-corrected chi connectivity index (χ0v) is 7.96. The van der Waals surface area contributed by atoms with E-state index in [1.165, 1.54) is 32.1 Å². The highest BCUT2D eigenvalue weighted by molar-refractivity contribution is 5.31. The normalized spacial score (nSPS) is 56.6. The average molecular weight is 176 g/mol. The Morgan fingerprint density at radius 1 is 1.46 bits per heavy atom. The summed E-state index contributed by atoms with van der Waals surface area (Å²) in [4.78, 5) is 0. The fourth-order valence-electron chi connectivity index (χ4n) is 4.18. The van der Waals surface area contributed by atoms with Gasteiger partial charge in [0.2, 0.25) is 0 Å². The number of epoxide rings is 1. The first kappa shape index (κ1) is 7.05. The van der Waals surface area contributed by atoms with Gasteiger partial charge in [-0.25, -0.2) is 0 Å². The minimum atomic E-state index is 0.379. The minimum absolute atomic E-state index is 0.379. The molecule has 1 heterocycles. The lowest BCUT2D eigenvalue weighted by Crippen LogP contribution is -2.28. The first-order chi connectivity index (χ1) is 6.39. The number of hydrogen-bond acceptors (Lipinski definition) is 1. The van der Waals surface area contributed by atoms with Gasteiger partial charge in [-0.3, -0.25) is 0 Å². The van der Waals surface area contributed by atoms with Crippen LogP contribution in [0.5, 0.6) is 0 Å². The molecule has 70 valence electrons. The summed E-state index contributed by atoms with van der Waals surface area (Å²) in [5, 5.41) is 0. The van der Waals surface area contributed by atoms with E-state index in [1.54, 1.807) is 5.57 Å². The topological polar surface area (TPSA) is 12.5 Å². The lowest BCUT2D eigenvalue weighted by Gasteiger charge is -2.31. The van der Waals surface area contributed by atoms with Gasteiger partial charge in [-0.1, -0.05) is 11.6 Å². The molecular weight excluding hydrogens is 160 g/mol. The monoisotopic (exact) mass is 176 g/mol. The maximum atomic E-state index is 5.70. The van der Waals surface area contributed by atoms with Gasteiger partial charge >= 0.3 is 0 Å². The van der Waals surface area contributed by atoms with Crippen molar-refractivity contribution < 1.29 is 4.74 Å². The highest BCUT2D eigenvalue weighted by atomic mass is 16.6. The Hall–Kier alpha value is -0.300. The fourth-order valence-corrected chi connectivity index (χ4v) is 4.18. The summed E-state index contributed by atoms with van der Waals surface area (Å²) in [6.45, 7) is 1.07. The minimum Gasteiger partial charge on any atom is -0.369 e. The molecule has 1 saturated heterocycles. The number of ether oxygens (including phenoxy) is 1. The van der Waals surface area contributed by atoms with E-state index in [9.17, 15) is 0 Å². The molecule has 1 nitrogen and oxygen atoms in total. The first-order valence-electron chi connectivity index (χ1n) is 5.73. The molecule has 0 aromatic heterocycles. The molecule has 3 aliphatic carbocycles. The summed E-state index contributed by atoms with van der Waals surface area (Å²) in [6.07, 6.45) is 9.64. The predicted molar refractivity (Wildman–Crippen MR) is 50.3 cm³/mol. The third-order valence-electron chi connectivity index (χ3n) is 4.80. The van der Waals surface area contributed by atoms with E-state index in [4.69, 9.17) is 4.74 Å². The van der Waals surface area contributed by atoms with E-state index >= 15 is 0 Å². The Bertz CT molecular complexity index is 287. The third-order valence-corrected chi connectivity index (χ3v) is 4.80. The molecule has 2 bridgehead atoms. The molecule has 13 heavy (non-hydrogen) atoms. The molecule has 1 spiro atoms. The zero-order chi connectivity index (χ0) is 8.47. The molecule has 2 saturated carbocycles. The number of allylic oxidation sites excluding steroid dienone is 1. The van der Waals surface area contributed by atoms with E-state index in [0.717, 1.165) is 24.4 Å². The molecular formula is C12H16O. The fraction of sp³-hybridized carbons (Fsp3) is 0.833. The summed E-state index contributed by atoms with van der Waals surface area (Å²) >= 11 is 0. The molecule has 0 radical (unpaired) electrons. The van der Waals surface area contributed by atoms with Crippen LogP contribution < -0.4 is 0 Å². The lowest BCUT2D eigenvalue weighted by molar-refractivity contribution is 0.219. The molecule has 0 aromatic rings. The van der Waals surface area contributed by atoms with E-state index in [-0.39, 0.29) is 0 Å². The summed E-state index contributed by atoms with van der Waals surface area (Å²) in [6, 6.07) is 0. The SMILES string of the molecule is C1=C2C(CCC1)C1CC2C2(CO2)C1. The lowest BCUT2D eigenvalue weighted by atomic mass is 9.73. The van der Waals surface area contributed by atoms with Crippen molar-refractivity contribution in [3.63, 3.8) is 0 Å². The van der Waals surface area contributed by atoms with Crippen LogP contribution in [0, 0.1) is 17.8 Å². The molecule has 1 aliphatic heterocycles. The van der Waals surface area contributed by atoms with Gasteiger partial charge < -0.3 is 4.74 Å². The Morgan fingerprint density at radius 2 is 2.38 bits per heavy atom. The molecule has 4 atom stereocenters. The van der Waals surface area contributed by atoms with E-state index in [1.807, 2.05) is 0 Å². The van der Waals surface area contributed by atoms with Crippen LogP contribution in [0.15, 0.2) is 11.6 Å². The van der Waals surface area contributed by atoms with E-state index in [2.05, 4.69) is 6.08 Å². The summed E-state index contributed by atoms with van der Waals surface area (Å²) in [5.41, 5.74) is 2.18. The van der Waals surface area contributed by atoms with Gasteiger partial charge in [0.05, 0.1) is 12.2 Å². The van der Waals surface area contributed by atoms with Crippen LogP contribution in [0.3, 0.4) is 0 Å². The van der Waals surface area contributed by atoms with Gasteiger partial charge in [0, 0.05) is 5.92 Å². The van der Waals surface area contributed by atoms with Crippen LogP contribution in [0.25, 0.3) is 0 Å². The molecule has 0 amide bonds. The van der Waals surface area contributed by atoms with Crippen molar-refractivity contribution in [3.05, 3.63) is 11.6 Å². The average Bonchev–Trinajstić information content (AvgIpc) is 2.71.